The number of anilines is 1. The standard InChI is InChI=1S/C50H79N3O16P2/c1-3-5-7-9-11-13-15-17-18-20-22-24-26-28-30-34-45(55)64-38-42(67-46(56)35-31-33-41(54)32-29-27-25-23-21-19-16-14-12-10-8-6-4-2)39-65-70(60,61)69-71(62,63)66-40-43-47(57)48(58)49(68-43)53-37-36-44(51)52-50(53)59/h6,8,11-14,17-19,21,25,27,29,32,36-37,41-43,47-49,54,57-58H,3-5,7,9-10,15-16,20,22-24,26,28,30-31,33-35,38-40H2,1-2H3,(H,60,61)(H,62,63)(H2,51,52,59)/b8-6-,13-11-,14-12-,18-17-,21-19-,27-25-,32-29+/t41?,42-,43-,47-,48-,49-/m1/s1. The summed E-state index contributed by atoms with van der Waals surface area (Å²) in [6.07, 6.45) is 35.5. The van der Waals surface area contributed by atoms with Crippen molar-refractivity contribution >= 4 is 33.4 Å². The lowest BCUT2D eigenvalue weighted by Gasteiger charge is -2.21. The number of carbonyl (C=O) groups is 2. The third-order valence-corrected chi connectivity index (χ3v) is 13.2. The van der Waals surface area contributed by atoms with Gasteiger partial charge in [-0.15, -0.1) is 0 Å². The number of aliphatic hydroxyl groups is 3. The number of nitrogen functional groups attached to an aromatic ring is 1. The second kappa shape index (κ2) is 37.6. The Kier molecular flexibility index (Phi) is 33.4. The minimum absolute atomic E-state index is 0.0652. The van der Waals surface area contributed by atoms with Gasteiger partial charge < -0.3 is 45.1 Å². The third kappa shape index (κ3) is 30.5. The lowest BCUT2D eigenvalue weighted by molar-refractivity contribution is -0.161. The van der Waals surface area contributed by atoms with Gasteiger partial charge in [0.25, 0.3) is 0 Å². The van der Waals surface area contributed by atoms with Gasteiger partial charge in [-0.25, -0.2) is 13.9 Å². The fraction of sp³-hybridized carbons (Fsp3) is 0.600. The highest BCUT2D eigenvalue weighted by molar-refractivity contribution is 7.61. The molecule has 0 saturated carbocycles. The fourth-order valence-electron chi connectivity index (χ4n) is 6.72. The number of esters is 2. The minimum Gasteiger partial charge on any atom is -0.462 e. The van der Waals surface area contributed by atoms with Gasteiger partial charge in [0.15, 0.2) is 12.3 Å². The lowest BCUT2D eigenvalue weighted by Crippen LogP contribution is -2.36. The molecule has 0 aromatic carbocycles. The predicted octanol–water partition coefficient (Wildman–Crippen LogP) is 8.86. The molecule has 7 N–H and O–H groups in total. The Bertz CT molecular complexity index is 2040. The van der Waals surface area contributed by atoms with Crippen molar-refractivity contribution in [2.45, 2.75) is 173 Å². The summed E-state index contributed by atoms with van der Waals surface area (Å²) in [5.74, 6) is -1.54. The van der Waals surface area contributed by atoms with Crippen LogP contribution in [0.1, 0.15) is 142 Å². The largest absolute Gasteiger partial charge is 0.481 e. The Balaban J connectivity index is 1.88. The molecule has 0 spiro atoms. The zero-order chi connectivity index (χ0) is 52.2. The number of phosphoric ester groups is 2. The summed E-state index contributed by atoms with van der Waals surface area (Å²) in [5.41, 5.74) is 4.56. The average Bonchev–Trinajstić information content (AvgIpc) is 3.60. The van der Waals surface area contributed by atoms with E-state index in [0.29, 0.717) is 6.42 Å². The van der Waals surface area contributed by atoms with E-state index in [1.807, 2.05) is 12.2 Å². The van der Waals surface area contributed by atoms with Crippen molar-refractivity contribution in [3.8, 4) is 0 Å². The molecular formula is C50H79N3O16P2. The summed E-state index contributed by atoms with van der Waals surface area (Å²) in [4.78, 5) is 61.9. The van der Waals surface area contributed by atoms with Gasteiger partial charge in [0.1, 0.15) is 30.7 Å². The second-order valence-corrected chi connectivity index (χ2v) is 19.8. The van der Waals surface area contributed by atoms with E-state index >= 15 is 0 Å². The summed E-state index contributed by atoms with van der Waals surface area (Å²) in [7, 11) is -10.9. The number of aromatic nitrogens is 2. The topological polar surface area (TPSA) is 286 Å². The van der Waals surface area contributed by atoms with E-state index < -0.39 is 89.8 Å². The molecular weight excluding hydrogens is 961 g/mol. The number of carbonyl (C=O) groups excluding carboxylic acids is 2. The van der Waals surface area contributed by atoms with Crippen molar-refractivity contribution in [3.63, 3.8) is 0 Å². The summed E-state index contributed by atoms with van der Waals surface area (Å²) in [5, 5.41) is 31.3. The van der Waals surface area contributed by atoms with E-state index in [9.17, 15) is 48.6 Å². The second-order valence-electron chi connectivity index (χ2n) is 16.8. The van der Waals surface area contributed by atoms with E-state index in [-0.39, 0.29) is 31.5 Å². The first-order valence-corrected chi connectivity index (χ1v) is 27.7. The van der Waals surface area contributed by atoms with Gasteiger partial charge in [-0.05, 0) is 83.1 Å². The Morgan fingerprint density at radius 1 is 0.761 bits per heavy atom. The van der Waals surface area contributed by atoms with Crippen LogP contribution < -0.4 is 11.4 Å². The number of hydrogen-bond acceptors (Lipinski definition) is 16. The van der Waals surface area contributed by atoms with Crippen LogP contribution in [0.3, 0.4) is 0 Å². The SMILES string of the molecule is CC/C=C\C/C=C\C/C=C\C/C=C\C=C\C(O)CCCC(=O)O[C@H](COC(=O)CCCCCCC/C=C\C/C=C\CCCCC)COP(=O)(O)OP(=O)(O)OC[C@H]1O[C@@H](n2ccc(N)nc2=O)[C@H](O)[C@@H]1O. The molecule has 3 unspecified atom stereocenters. The molecule has 21 heteroatoms. The monoisotopic (exact) mass is 1040 g/mol. The number of hydrogen-bond donors (Lipinski definition) is 6. The Morgan fingerprint density at radius 3 is 2.01 bits per heavy atom. The van der Waals surface area contributed by atoms with Crippen LogP contribution in [0.4, 0.5) is 5.82 Å². The van der Waals surface area contributed by atoms with Crippen molar-refractivity contribution in [2.75, 3.05) is 25.6 Å². The van der Waals surface area contributed by atoms with Crippen molar-refractivity contribution in [2.24, 2.45) is 0 Å². The van der Waals surface area contributed by atoms with Crippen LogP contribution in [0.5, 0.6) is 0 Å². The van der Waals surface area contributed by atoms with E-state index in [4.69, 9.17) is 29.0 Å². The maximum absolute atomic E-state index is 12.9. The van der Waals surface area contributed by atoms with Gasteiger partial charge in [-0.2, -0.15) is 9.29 Å². The number of nitrogens with zero attached hydrogens (tertiary/aromatic N) is 2. The average molecular weight is 1040 g/mol. The molecule has 19 nitrogen and oxygen atoms in total. The van der Waals surface area contributed by atoms with Crippen LogP contribution in [0.25, 0.3) is 0 Å². The summed E-state index contributed by atoms with van der Waals surface area (Å²) in [6.45, 7) is 1.79. The fourth-order valence-corrected chi connectivity index (χ4v) is 8.83. The van der Waals surface area contributed by atoms with Crippen molar-refractivity contribution < 1.29 is 71.4 Å². The van der Waals surface area contributed by atoms with Crippen molar-refractivity contribution in [3.05, 3.63) is 108 Å². The summed E-state index contributed by atoms with van der Waals surface area (Å²) >= 11 is 0. The first-order valence-electron chi connectivity index (χ1n) is 24.7. The van der Waals surface area contributed by atoms with Gasteiger partial charge >= 0.3 is 33.3 Å². The molecule has 1 aromatic rings. The lowest BCUT2D eigenvalue weighted by atomic mass is 10.1. The molecule has 0 amide bonds. The van der Waals surface area contributed by atoms with E-state index in [2.05, 4.69) is 77.8 Å². The van der Waals surface area contributed by atoms with Crippen molar-refractivity contribution in [1.29, 1.82) is 0 Å². The van der Waals surface area contributed by atoms with Crippen LogP contribution in [0.2, 0.25) is 0 Å². The first-order chi connectivity index (χ1) is 34.1. The van der Waals surface area contributed by atoms with E-state index in [1.165, 1.54) is 25.3 Å². The number of unbranched alkanes of at least 4 members (excludes halogenated alkanes) is 8. The molecule has 0 radical (unpaired) electrons. The number of ether oxygens (including phenoxy) is 3. The molecule has 1 aliphatic heterocycles. The molecule has 1 aliphatic rings. The van der Waals surface area contributed by atoms with Gasteiger partial charge in [-0.3, -0.25) is 23.2 Å². The van der Waals surface area contributed by atoms with E-state index in [1.54, 1.807) is 18.2 Å². The van der Waals surface area contributed by atoms with Crippen LogP contribution >= 0.6 is 15.6 Å². The normalized spacial score (nSPS) is 20.3. The zero-order valence-electron chi connectivity index (χ0n) is 41.4. The highest BCUT2D eigenvalue weighted by atomic mass is 31.3. The molecule has 71 heavy (non-hydrogen) atoms. The smallest absolute Gasteiger partial charge is 0.462 e. The number of phosphoric acid groups is 2. The third-order valence-electron chi connectivity index (χ3n) is 10.6. The summed E-state index contributed by atoms with van der Waals surface area (Å²) < 4.78 is 56.5. The predicted molar refractivity (Wildman–Crippen MR) is 271 cm³/mol. The Morgan fingerprint density at radius 2 is 1.35 bits per heavy atom. The number of rotatable bonds is 39. The highest BCUT2D eigenvalue weighted by Crippen LogP contribution is 2.60. The molecule has 2 rings (SSSR count). The molecule has 1 aromatic heterocycles. The number of nitrogens with two attached hydrogens (primary N) is 1. The van der Waals surface area contributed by atoms with E-state index in [0.717, 1.165) is 81.4 Å². The molecule has 1 fully saturated rings. The molecule has 400 valence electrons. The summed E-state index contributed by atoms with van der Waals surface area (Å²) in [6, 6.07) is 1.23. The molecule has 8 atom stereocenters. The highest BCUT2D eigenvalue weighted by Gasteiger charge is 2.46. The number of allylic oxidation sites excluding steroid dienone is 13. The number of aliphatic hydroxyl groups excluding tert-OH is 3. The quantitative estimate of drug-likeness (QED) is 0.0118. The van der Waals surface area contributed by atoms with Crippen LogP contribution in [0.15, 0.2) is 102 Å². The maximum Gasteiger partial charge on any atom is 0.481 e. The van der Waals surface area contributed by atoms with Crippen LogP contribution in [-0.2, 0) is 46.3 Å². The minimum atomic E-state index is -5.48. The first kappa shape index (κ1) is 63.0. The van der Waals surface area contributed by atoms with Gasteiger partial charge in [0.2, 0.25) is 0 Å². The van der Waals surface area contributed by atoms with Crippen molar-refractivity contribution in [1.82, 2.24) is 9.55 Å². The van der Waals surface area contributed by atoms with Gasteiger partial charge in [0, 0.05) is 19.0 Å². The molecule has 0 bridgehead atoms. The molecule has 0 aliphatic carbocycles. The molecule has 2 heterocycles. The van der Waals surface area contributed by atoms with Crippen LogP contribution in [-0.4, -0.2) is 96.9 Å². The maximum atomic E-state index is 12.9. The van der Waals surface area contributed by atoms with Crippen LogP contribution in [0, 0.1) is 0 Å². The molecule has 1 saturated heterocycles. The van der Waals surface area contributed by atoms with Gasteiger partial charge in [0.05, 0.1) is 19.3 Å². The Hall–Kier alpha value is -4.10. The zero-order valence-corrected chi connectivity index (χ0v) is 43.1. The van der Waals surface area contributed by atoms with Gasteiger partial charge in [-0.1, -0.05) is 131 Å². The Labute approximate surface area is 419 Å².